The molecule has 0 N–H and O–H groups in total. The minimum atomic E-state index is -0.431. The molecule has 5 nitrogen and oxygen atoms in total. The molecule has 5 heteroatoms. The number of rotatable bonds is 6. The van der Waals surface area contributed by atoms with Gasteiger partial charge in [-0.2, -0.15) is 0 Å². The van der Waals surface area contributed by atoms with E-state index in [1.54, 1.807) is 18.1 Å². The molecule has 2 rings (SSSR count). The van der Waals surface area contributed by atoms with Gasteiger partial charge in [0.05, 0.1) is 18.1 Å². The zero-order valence-electron chi connectivity index (χ0n) is 12.2. The summed E-state index contributed by atoms with van der Waals surface area (Å²) in [5.41, 5.74) is 0.111. The number of nitrogens with zero attached hydrogens (tertiary/aromatic N) is 1. The van der Waals surface area contributed by atoms with Crippen molar-refractivity contribution in [3.05, 3.63) is 23.8 Å². The van der Waals surface area contributed by atoms with E-state index < -0.39 is 5.41 Å². The van der Waals surface area contributed by atoms with Gasteiger partial charge in [-0.05, 0) is 18.8 Å². The highest BCUT2D eigenvalue weighted by atomic mass is 16.5. The van der Waals surface area contributed by atoms with Crippen molar-refractivity contribution in [2.45, 2.75) is 12.8 Å². The van der Waals surface area contributed by atoms with Gasteiger partial charge in [-0.1, -0.05) is 18.2 Å². The molecule has 1 fully saturated rings. The number of carbonyl (C=O) groups is 2. The molecule has 110 valence electrons. The van der Waals surface area contributed by atoms with Crippen molar-refractivity contribution in [2.24, 2.45) is 11.3 Å². The van der Waals surface area contributed by atoms with Gasteiger partial charge in [0.15, 0.2) is 0 Å². The maximum atomic E-state index is 12.5. The first-order chi connectivity index (χ1) is 9.55. The van der Waals surface area contributed by atoms with Crippen molar-refractivity contribution in [2.75, 3.05) is 34.4 Å². The summed E-state index contributed by atoms with van der Waals surface area (Å²) in [5, 5.41) is 0. The zero-order chi connectivity index (χ0) is 14.8. The van der Waals surface area contributed by atoms with Crippen LogP contribution < -0.4 is 0 Å². The Morgan fingerprint density at radius 3 is 2.80 bits per heavy atom. The molecular weight excluding hydrogens is 258 g/mol. The van der Waals surface area contributed by atoms with Gasteiger partial charge in [0, 0.05) is 27.3 Å². The third kappa shape index (κ3) is 2.63. The molecule has 1 amide bonds. The lowest BCUT2D eigenvalue weighted by Gasteiger charge is -2.23. The molecule has 0 aromatic carbocycles. The normalized spacial score (nSPS) is 26.6. The van der Waals surface area contributed by atoms with Crippen LogP contribution in [0.25, 0.3) is 0 Å². The molecule has 0 bridgehead atoms. The molecule has 20 heavy (non-hydrogen) atoms. The first kappa shape index (κ1) is 14.8. The maximum absolute atomic E-state index is 12.5. The van der Waals surface area contributed by atoms with Crippen LogP contribution in [-0.4, -0.2) is 51.2 Å². The number of esters is 1. The fourth-order valence-corrected chi connectivity index (χ4v) is 2.69. The minimum absolute atomic E-state index is 0.120. The van der Waals surface area contributed by atoms with Gasteiger partial charge in [0.1, 0.15) is 0 Å². The predicted molar refractivity (Wildman–Crippen MR) is 73.9 cm³/mol. The molecular formula is C15H21NO4. The SMILES string of the molecule is COCCCN(C)C(=O)C12C=CC(C(=O)OC)=CC1C2. The molecule has 2 aliphatic carbocycles. The summed E-state index contributed by atoms with van der Waals surface area (Å²) >= 11 is 0. The second kappa shape index (κ2) is 5.79. The Labute approximate surface area is 119 Å². The van der Waals surface area contributed by atoms with E-state index in [4.69, 9.17) is 9.47 Å². The molecule has 0 radical (unpaired) electrons. The molecule has 0 spiro atoms. The number of carbonyl (C=O) groups excluding carboxylic acids is 2. The van der Waals surface area contributed by atoms with Crippen LogP contribution in [-0.2, 0) is 19.1 Å². The molecule has 1 saturated carbocycles. The van der Waals surface area contributed by atoms with Gasteiger partial charge in [-0.3, -0.25) is 4.79 Å². The van der Waals surface area contributed by atoms with Gasteiger partial charge >= 0.3 is 5.97 Å². The summed E-state index contributed by atoms with van der Waals surface area (Å²) in [6.07, 6.45) is 7.02. The molecule has 2 atom stereocenters. The number of hydrogen-bond acceptors (Lipinski definition) is 4. The number of methoxy groups -OCH3 is 2. The molecule has 0 saturated heterocycles. The van der Waals surface area contributed by atoms with E-state index >= 15 is 0 Å². The first-order valence-electron chi connectivity index (χ1n) is 6.79. The van der Waals surface area contributed by atoms with Crippen molar-refractivity contribution < 1.29 is 19.1 Å². The van der Waals surface area contributed by atoms with E-state index in [9.17, 15) is 9.59 Å². The van der Waals surface area contributed by atoms with E-state index in [1.807, 2.05) is 19.2 Å². The third-order valence-corrected chi connectivity index (χ3v) is 4.01. The maximum Gasteiger partial charge on any atom is 0.337 e. The Bertz CT molecular complexity index is 468. The second-order valence-corrected chi connectivity index (χ2v) is 5.37. The highest BCUT2D eigenvalue weighted by molar-refractivity contribution is 5.95. The van der Waals surface area contributed by atoms with Crippen molar-refractivity contribution in [1.29, 1.82) is 0 Å². The quantitative estimate of drug-likeness (QED) is 0.541. The molecule has 0 aromatic rings. The van der Waals surface area contributed by atoms with E-state index in [0.717, 1.165) is 12.8 Å². The standard InChI is InChI=1S/C15H21NO4/c1-16(7-4-8-19-2)14(18)15-6-5-11(13(17)20-3)9-12(15)10-15/h5-6,9,12H,4,7-8,10H2,1-3H3. The minimum Gasteiger partial charge on any atom is -0.465 e. The zero-order valence-corrected chi connectivity index (χ0v) is 12.2. The summed E-state index contributed by atoms with van der Waals surface area (Å²) < 4.78 is 9.69. The summed E-state index contributed by atoms with van der Waals surface area (Å²) in [6.45, 7) is 1.33. The van der Waals surface area contributed by atoms with E-state index in [1.165, 1.54) is 7.11 Å². The lowest BCUT2D eigenvalue weighted by atomic mass is 9.94. The smallest absolute Gasteiger partial charge is 0.337 e. The van der Waals surface area contributed by atoms with E-state index in [0.29, 0.717) is 18.7 Å². The second-order valence-electron chi connectivity index (χ2n) is 5.37. The monoisotopic (exact) mass is 279 g/mol. The van der Waals surface area contributed by atoms with Crippen molar-refractivity contribution >= 4 is 11.9 Å². The van der Waals surface area contributed by atoms with Gasteiger partial charge < -0.3 is 14.4 Å². The topological polar surface area (TPSA) is 55.8 Å². The average Bonchev–Trinajstić information content (AvgIpc) is 3.20. The van der Waals surface area contributed by atoms with E-state index in [-0.39, 0.29) is 17.8 Å². The highest BCUT2D eigenvalue weighted by Crippen LogP contribution is 2.58. The van der Waals surface area contributed by atoms with E-state index in [2.05, 4.69) is 0 Å². The van der Waals surface area contributed by atoms with Crippen LogP contribution in [0.2, 0.25) is 0 Å². The Morgan fingerprint density at radius 2 is 2.20 bits per heavy atom. The van der Waals surface area contributed by atoms with Crippen LogP contribution in [0.3, 0.4) is 0 Å². The van der Waals surface area contributed by atoms with Crippen LogP contribution in [0.15, 0.2) is 23.8 Å². The third-order valence-electron chi connectivity index (χ3n) is 4.01. The van der Waals surface area contributed by atoms with Crippen molar-refractivity contribution in [3.8, 4) is 0 Å². The van der Waals surface area contributed by atoms with Crippen LogP contribution in [0, 0.1) is 11.3 Å². The van der Waals surface area contributed by atoms with Crippen molar-refractivity contribution in [1.82, 2.24) is 4.90 Å². The predicted octanol–water partition coefficient (Wildman–Crippen LogP) is 1.16. The van der Waals surface area contributed by atoms with Crippen LogP contribution in [0.4, 0.5) is 0 Å². The number of ether oxygens (including phenoxy) is 2. The van der Waals surface area contributed by atoms with Gasteiger partial charge in [-0.25, -0.2) is 4.79 Å². The Hall–Kier alpha value is -1.62. The van der Waals surface area contributed by atoms with Crippen LogP contribution in [0.5, 0.6) is 0 Å². The summed E-state index contributed by atoms with van der Waals surface area (Å²) in [6, 6.07) is 0. The average molecular weight is 279 g/mol. The first-order valence-corrected chi connectivity index (χ1v) is 6.79. The van der Waals surface area contributed by atoms with Crippen LogP contribution >= 0.6 is 0 Å². The Balaban J connectivity index is 1.96. The highest BCUT2D eigenvalue weighted by Gasteiger charge is 2.59. The fourth-order valence-electron chi connectivity index (χ4n) is 2.69. The lowest BCUT2D eigenvalue weighted by molar-refractivity contribution is -0.136. The summed E-state index contributed by atoms with van der Waals surface area (Å²) in [4.78, 5) is 25.7. The molecule has 0 aliphatic heterocycles. The molecule has 0 heterocycles. The Morgan fingerprint density at radius 1 is 1.45 bits per heavy atom. The lowest BCUT2D eigenvalue weighted by Crippen LogP contribution is -2.35. The number of allylic oxidation sites excluding steroid dienone is 1. The number of amides is 1. The van der Waals surface area contributed by atoms with Gasteiger partial charge in [0.2, 0.25) is 5.91 Å². The molecule has 0 aromatic heterocycles. The molecule has 2 unspecified atom stereocenters. The summed E-state index contributed by atoms with van der Waals surface area (Å²) in [7, 11) is 4.83. The summed E-state index contributed by atoms with van der Waals surface area (Å²) in [5.74, 6) is -0.100. The largest absolute Gasteiger partial charge is 0.465 e. The van der Waals surface area contributed by atoms with Crippen molar-refractivity contribution in [3.63, 3.8) is 0 Å². The molecule has 2 aliphatic rings. The fraction of sp³-hybridized carbons (Fsp3) is 0.600. The number of fused-ring (bicyclic) bond motifs is 1. The van der Waals surface area contributed by atoms with Gasteiger partial charge in [-0.15, -0.1) is 0 Å². The Kier molecular flexibility index (Phi) is 4.28. The van der Waals surface area contributed by atoms with Gasteiger partial charge in [0.25, 0.3) is 0 Å². The van der Waals surface area contributed by atoms with Crippen LogP contribution in [0.1, 0.15) is 12.8 Å². The number of hydrogen-bond donors (Lipinski definition) is 0.